The number of anilines is 1. The zero-order valence-corrected chi connectivity index (χ0v) is 16.5. The molecular weight excluding hydrogens is 376 g/mol. The highest BCUT2D eigenvalue weighted by Crippen LogP contribution is 2.34. The van der Waals surface area contributed by atoms with Crippen LogP contribution in [-0.2, 0) is 18.1 Å². The Bertz CT molecular complexity index is 919. The van der Waals surface area contributed by atoms with Crippen molar-refractivity contribution in [2.24, 2.45) is 0 Å². The lowest BCUT2D eigenvalue weighted by atomic mass is 10.0. The van der Waals surface area contributed by atoms with Gasteiger partial charge >= 0.3 is 0 Å². The summed E-state index contributed by atoms with van der Waals surface area (Å²) in [5.74, 6) is 0.376. The van der Waals surface area contributed by atoms with Crippen molar-refractivity contribution in [3.05, 3.63) is 48.4 Å². The van der Waals surface area contributed by atoms with Gasteiger partial charge in [0.25, 0.3) is 0 Å². The van der Waals surface area contributed by atoms with E-state index in [9.17, 15) is 15.3 Å². The Hall–Kier alpha value is -2.72. The Morgan fingerprint density at radius 1 is 1.07 bits per heavy atom. The Kier molecular flexibility index (Phi) is 6.65. The molecule has 1 aromatic carbocycles. The van der Waals surface area contributed by atoms with Gasteiger partial charge in [-0.05, 0) is 5.56 Å². The van der Waals surface area contributed by atoms with Crippen LogP contribution in [0.25, 0.3) is 11.0 Å². The molecule has 29 heavy (non-hydrogen) atoms. The smallest absolute Gasteiger partial charge is 0.241 e. The molecule has 0 bridgehead atoms. The number of hydrogen-bond donors (Lipinski definition) is 3. The molecule has 0 aliphatic carbocycles. The van der Waals surface area contributed by atoms with Crippen molar-refractivity contribution in [2.45, 2.75) is 18.9 Å². The van der Waals surface area contributed by atoms with E-state index in [0.717, 1.165) is 5.56 Å². The second-order valence-electron chi connectivity index (χ2n) is 6.79. The molecule has 0 unspecified atom stereocenters. The zero-order valence-electron chi connectivity index (χ0n) is 16.5. The van der Waals surface area contributed by atoms with Gasteiger partial charge in [-0.2, -0.15) is 4.98 Å². The number of hydrogen-bond acceptors (Lipinski definition) is 8. The largest absolute Gasteiger partial charge is 0.479 e. The number of benzene rings is 1. The summed E-state index contributed by atoms with van der Waals surface area (Å²) in [7, 11) is 3.20. The van der Waals surface area contributed by atoms with E-state index in [1.165, 1.54) is 13.4 Å². The van der Waals surface area contributed by atoms with Crippen molar-refractivity contribution in [2.75, 3.05) is 38.9 Å². The van der Waals surface area contributed by atoms with Gasteiger partial charge in [0.2, 0.25) is 5.88 Å². The molecule has 3 aromatic rings. The molecule has 3 rings (SSSR count). The molecule has 0 radical (unpaired) electrons. The Labute approximate surface area is 168 Å². The van der Waals surface area contributed by atoms with Crippen LogP contribution < -0.4 is 9.64 Å². The Morgan fingerprint density at radius 2 is 1.76 bits per heavy atom. The van der Waals surface area contributed by atoms with E-state index in [-0.39, 0.29) is 6.73 Å². The number of likely N-dealkylation sites (N-methyl/N-ethyl adjacent to an activating group) is 1. The van der Waals surface area contributed by atoms with Gasteiger partial charge in [-0.3, -0.25) is 0 Å². The lowest BCUT2D eigenvalue weighted by molar-refractivity contribution is 0.0644. The maximum Gasteiger partial charge on any atom is 0.241 e. The van der Waals surface area contributed by atoms with Crippen molar-refractivity contribution in [3.8, 4) is 5.88 Å². The topological polar surface area (TPSA) is 113 Å². The molecule has 0 saturated carbocycles. The number of ether oxygens (including phenoxy) is 2. The fourth-order valence-electron chi connectivity index (χ4n) is 3.14. The third-order valence-electron chi connectivity index (χ3n) is 5.09. The molecule has 2 heterocycles. The quantitative estimate of drug-likeness (QED) is 0.456. The lowest BCUT2D eigenvalue weighted by Gasteiger charge is -2.38. The molecule has 0 atom stereocenters. The molecule has 2 aromatic heterocycles. The van der Waals surface area contributed by atoms with Crippen LogP contribution >= 0.6 is 0 Å². The zero-order chi connectivity index (χ0) is 20.9. The molecule has 0 fully saturated rings. The number of aromatic nitrogens is 3. The fraction of sp³-hybridized carbons (Fsp3) is 0.400. The molecule has 0 saturated heterocycles. The first-order valence-corrected chi connectivity index (χ1v) is 9.16. The summed E-state index contributed by atoms with van der Waals surface area (Å²) in [5.41, 5.74) is 1.57. The van der Waals surface area contributed by atoms with E-state index in [0.29, 0.717) is 29.2 Å². The average Bonchev–Trinajstić information content (AvgIpc) is 3.15. The number of nitrogens with zero attached hydrogens (tertiary/aromatic N) is 4. The van der Waals surface area contributed by atoms with Gasteiger partial charge in [0.1, 0.15) is 29.6 Å². The summed E-state index contributed by atoms with van der Waals surface area (Å²) in [6, 6.07) is 9.81. The van der Waals surface area contributed by atoms with Crippen LogP contribution in [0, 0.1) is 0 Å². The third-order valence-corrected chi connectivity index (χ3v) is 5.09. The van der Waals surface area contributed by atoms with Gasteiger partial charge < -0.3 is 34.3 Å². The average molecular weight is 402 g/mol. The number of aliphatic hydroxyl groups excluding tert-OH is 3. The molecule has 3 N–H and O–H groups in total. The van der Waals surface area contributed by atoms with Gasteiger partial charge in [-0.25, -0.2) is 4.98 Å². The second-order valence-corrected chi connectivity index (χ2v) is 6.79. The van der Waals surface area contributed by atoms with Crippen LogP contribution in [0.5, 0.6) is 5.88 Å². The van der Waals surface area contributed by atoms with Crippen LogP contribution in [0.1, 0.15) is 5.56 Å². The predicted molar refractivity (Wildman–Crippen MR) is 108 cm³/mol. The highest BCUT2D eigenvalue weighted by Gasteiger charge is 2.35. The van der Waals surface area contributed by atoms with Gasteiger partial charge in [0, 0.05) is 13.2 Å². The summed E-state index contributed by atoms with van der Waals surface area (Å²) in [6.07, 6.45) is 3.16. The van der Waals surface area contributed by atoms with Gasteiger partial charge in [0.05, 0.1) is 39.2 Å². The lowest BCUT2D eigenvalue weighted by Crippen LogP contribution is -2.56. The van der Waals surface area contributed by atoms with Crippen molar-refractivity contribution < 1.29 is 24.8 Å². The Balaban J connectivity index is 1.97. The minimum Gasteiger partial charge on any atom is -0.479 e. The fourth-order valence-corrected chi connectivity index (χ4v) is 3.14. The van der Waals surface area contributed by atoms with E-state index < -0.39 is 25.4 Å². The molecule has 156 valence electrons. The molecule has 0 spiro atoms. The number of aliphatic hydroxyl groups is 3. The van der Waals surface area contributed by atoms with Crippen LogP contribution in [-0.4, -0.2) is 69.4 Å². The third kappa shape index (κ3) is 4.03. The standard InChI is InChI=1S/C20H26N4O5/c1-23(20(10-25,11-26)12-27)16-8-24(14-29-9-15-6-4-3-5-7-15)18-17(16)21-13-22-19(18)28-2/h3-8,13,25-27H,9-12,14H2,1-2H3. The number of rotatable bonds is 10. The summed E-state index contributed by atoms with van der Waals surface area (Å²) in [4.78, 5) is 10.2. The minimum absolute atomic E-state index is 0.216. The van der Waals surface area contributed by atoms with Crippen molar-refractivity contribution >= 4 is 16.7 Å². The maximum atomic E-state index is 9.80. The van der Waals surface area contributed by atoms with Gasteiger partial charge in [0.15, 0.2) is 0 Å². The van der Waals surface area contributed by atoms with Crippen molar-refractivity contribution in [1.82, 2.24) is 14.5 Å². The summed E-state index contributed by atoms with van der Waals surface area (Å²) < 4.78 is 13.1. The Morgan fingerprint density at radius 3 is 2.38 bits per heavy atom. The van der Waals surface area contributed by atoms with Gasteiger partial charge in [-0.15, -0.1) is 0 Å². The highest BCUT2D eigenvalue weighted by atomic mass is 16.5. The molecule has 9 heteroatoms. The molecule has 0 aliphatic heterocycles. The van der Waals surface area contributed by atoms with Crippen LogP contribution in [0.3, 0.4) is 0 Å². The summed E-state index contributed by atoms with van der Waals surface area (Å²) in [6.45, 7) is -0.662. The van der Waals surface area contributed by atoms with E-state index in [1.807, 2.05) is 30.3 Å². The van der Waals surface area contributed by atoms with E-state index >= 15 is 0 Å². The maximum absolute atomic E-state index is 9.80. The molecule has 9 nitrogen and oxygen atoms in total. The first-order chi connectivity index (χ1) is 14.1. The molecule has 0 amide bonds. The first-order valence-electron chi connectivity index (χ1n) is 9.16. The van der Waals surface area contributed by atoms with Crippen LogP contribution in [0.2, 0.25) is 0 Å². The molecular formula is C20H26N4O5. The first kappa shape index (κ1) is 21.0. The normalized spacial score (nSPS) is 11.8. The highest BCUT2D eigenvalue weighted by molar-refractivity contribution is 5.93. The second kappa shape index (κ2) is 9.19. The number of fused-ring (bicyclic) bond motifs is 1. The van der Waals surface area contributed by atoms with E-state index in [1.54, 1.807) is 22.7 Å². The summed E-state index contributed by atoms with van der Waals surface area (Å²) >= 11 is 0. The van der Waals surface area contributed by atoms with Crippen LogP contribution in [0.4, 0.5) is 5.69 Å². The van der Waals surface area contributed by atoms with E-state index in [4.69, 9.17) is 9.47 Å². The van der Waals surface area contributed by atoms with Crippen LogP contribution in [0.15, 0.2) is 42.9 Å². The molecule has 0 aliphatic rings. The monoisotopic (exact) mass is 402 g/mol. The summed E-state index contributed by atoms with van der Waals surface area (Å²) in [5, 5.41) is 29.4. The van der Waals surface area contributed by atoms with Crippen molar-refractivity contribution in [1.29, 1.82) is 0 Å². The SMILES string of the molecule is COc1ncnc2c(N(C)C(CO)(CO)CO)cn(COCc3ccccc3)c12. The van der Waals surface area contributed by atoms with Crippen molar-refractivity contribution in [3.63, 3.8) is 0 Å². The number of methoxy groups -OCH3 is 1. The van der Waals surface area contributed by atoms with E-state index in [2.05, 4.69) is 9.97 Å². The minimum atomic E-state index is -1.25. The van der Waals surface area contributed by atoms with Gasteiger partial charge in [-0.1, -0.05) is 30.3 Å². The predicted octanol–water partition coefficient (Wildman–Crippen LogP) is 0.766.